The van der Waals surface area contributed by atoms with E-state index < -0.39 is 16.8 Å². The first-order chi connectivity index (χ1) is 10.9. The second kappa shape index (κ2) is 6.91. The molecule has 1 N–H and O–H groups in total. The fraction of sp³-hybridized carbons (Fsp3) is 0.235. The number of nitrogens with zero attached hydrogens (tertiary/aromatic N) is 1. The van der Waals surface area contributed by atoms with Crippen LogP contribution in [-0.2, 0) is 11.2 Å². The molecule has 0 saturated heterocycles. The van der Waals surface area contributed by atoms with Gasteiger partial charge in [-0.05, 0) is 42.2 Å². The van der Waals surface area contributed by atoms with Crippen molar-refractivity contribution in [3.8, 4) is 5.75 Å². The number of rotatable bonds is 6. The van der Waals surface area contributed by atoms with E-state index in [1.54, 1.807) is 37.4 Å². The number of carboxylic acids is 1. The van der Waals surface area contributed by atoms with Gasteiger partial charge in [-0.1, -0.05) is 18.2 Å². The fourth-order valence-electron chi connectivity index (χ4n) is 2.53. The molecule has 0 aliphatic heterocycles. The molecule has 0 bridgehead atoms. The standard InChI is InChI=1S/C17H17NO5/c1-11-8-14(23-2)6-7-15(11)16(17(19)20)10-12-4-3-5-13(9-12)18(21)22/h3-9,16H,10H2,1-2H3,(H,19,20). The first-order valence-electron chi connectivity index (χ1n) is 7.03. The zero-order valence-electron chi connectivity index (χ0n) is 12.9. The molecule has 0 radical (unpaired) electrons. The van der Waals surface area contributed by atoms with E-state index >= 15 is 0 Å². The van der Waals surface area contributed by atoms with Crippen molar-refractivity contribution in [2.24, 2.45) is 0 Å². The Morgan fingerprint density at radius 1 is 1.30 bits per heavy atom. The molecule has 2 rings (SSSR count). The summed E-state index contributed by atoms with van der Waals surface area (Å²) in [4.78, 5) is 22.0. The third-order valence-electron chi connectivity index (χ3n) is 3.71. The molecule has 120 valence electrons. The summed E-state index contributed by atoms with van der Waals surface area (Å²) < 4.78 is 5.13. The molecule has 0 saturated carbocycles. The summed E-state index contributed by atoms with van der Waals surface area (Å²) in [7, 11) is 1.55. The monoisotopic (exact) mass is 315 g/mol. The van der Waals surface area contributed by atoms with Gasteiger partial charge in [0.15, 0.2) is 0 Å². The second-order valence-electron chi connectivity index (χ2n) is 5.24. The molecule has 6 nitrogen and oxygen atoms in total. The van der Waals surface area contributed by atoms with Crippen LogP contribution in [-0.4, -0.2) is 23.1 Å². The smallest absolute Gasteiger partial charge is 0.311 e. The van der Waals surface area contributed by atoms with Crippen LogP contribution in [0.3, 0.4) is 0 Å². The Morgan fingerprint density at radius 2 is 2.04 bits per heavy atom. The minimum Gasteiger partial charge on any atom is -0.497 e. The normalized spacial score (nSPS) is 11.7. The van der Waals surface area contributed by atoms with Crippen LogP contribution < -0.4 is 4.74 Å². The van der Waals surface area contributed by atoms with Crippen LogP contribution in [0.2, 0.25) is 0 Å². The van der Waals surface area contributed by atoms with Gasteiger partial charge in [-0.15, -0.1) is 0 Å². The number of aliphatic carboxylic acids is 1. The van der Waals surface area contributed by atoms with Crippen molar-refractivity contribution < 1.29 is 19.6 Å². The van der Waals surface area contributed by atoms with Crippen LogP contribution in [0.4, 0.5) is 5.69 Å². The molecule has 0 spiro atoms. The minimum absolute atomic E-state index is 0.0434. The largest absolute Gasteiger partial charge is 0.497 e. The molecule has 0 amide bonds. The third-order valence-corrected chi connectivity index (χ3v) is 3.71. The van der Waals surface area contributed by atoms with E-state index in [-0.39, 0.29) is 12.1 Å². The lowest BCUT2D eigenvalue weighted by Gasteiger charge is -2.16. The van der Waals surface area contributed by atoms with Gasteiger partial charge in [0.2, 0.25) is 0 Å². The highest BCUT2D eigenvalue weighted by Gasteiger charge is 2.23. The molecule has 23 heavy (non-hydrogen) atoms. The Bertz CT molecular complexity index is 742. The highest BCUT2D eigenvalue weighted by molar-refractivity contribution is 5.77. The number of non-ortho nitro benzene ring substituents is 1. The van der Waals surface area contributed by atoms with Gasteiger partial charge in [0.05, 0.1) is 18.0 Å². The van der Waals surface area contributed by atoms with Gasteiger partial charge in [-0.3, -0.25) is 14.9 Å². The average molecular weight is 315 g/mol. The number of benzene rings is 2. The second-order valence-corrected chi connectivity index (χ2v) is 5.24. The minimum atomic E-state index is -0.968. The van der Waals surface area contributed by atoms with Crippen LogP contribution in [0.5, 0.6) is 5.75 Å². The fourth-order valence-corrected chi connectivity index (χ4v) is 2.53. The number of aryl methyl sites for hydroxylation is 1. The van der Waals surface area contributed by atoms with Crippen molar-refractivity contribution in [1.29, 1.82) is 0 Å². The molecular weight excluding hydrogens is 298 g/mol. The summed E-state index contributed by atoms with van der Waals surface area (Å²) in [6, 6.07) is 11.3. The molecule has 0 fully saturated rings. The Labute approximate surface area is 133 Å². The van der Waals surface area contributed by atoms with E-state index in [0.717, 1.165) is 5.56 Å². The van der Waals surface area contributed by atoms with E-state index in [9.17, 15) is 20.0 Å². The van der Waals surface area contributed by atoms with E-state index in [1.165, 1.54) is 12.1 Å². The van der Waals surface area contributed by atoms with Crippen LogP contribution in [0, 0.1) is 17.0 Å². The van der Waals surface area contributed by atoms with Gasteiger partial charge in [-0.25, -0.2) is 0 Å². The quantitative estimate of drug-likeness (QED) is 0.652. The van der Waals surface area contributed by atoms with Gasteiger partial charge in [-0.2, -0.15) is 0 Å². The number of carbonyl (C=O) groups is 1. The van der Waals surface area contributed by atoms with Crippen LogP contribution in [0.1, 0.15) is 22.6 Å². The average Bonchev–Trinajstić information content (AvgIpc) is 2.53. The predicted molar refractivity (Wildman–Crippen MR) is 84.9 cm³/mol. The maximum absolute atomic E-state index is 11.7. The Balaban J connectivity index is 2.35. The molecule has 0 aliphatic rings. The Kier molecular flexibility index (Phi) is 4.95. The summed E-state index contributed by atoms with van der Waals surface area (Å²) >= 11 is 0. The van der Waals surface area contributed by atoms with Gasteiger partial charge in [0.1, 0.15) is 5.75 Å². The number of methoxy groups -OCH3 is 1. The zero-order chi connectivity index (χ0) is 17.0. The SMILES string of the molecule is COc1ccc(C(Cc2cccc([N+](=O)[O-])c2)C(=O)O)c(C)c1. The Hall–Kier alpha value is -2.89. The van der Waals surface area contributed by atoms with Gasteiger partial charge in [0.25, 0.3) is 5.69 Å². The molecule has 0 aliphatic carbocycles. The van der Waals surface area contributed by atoms with Gasteiger partial charge in [0, 0.05) is 12.1 Å². The first-order valence-corrected chi connectivity index (χ1v) is 7.03. The number of nitro groups is 1. The Morgan fingerprint density at radius 3 is 2.61 bits per heavy atom. The van der Waals surface area contributed by atoms with E-state index in [4.69, 9.17) is 4.74 Å². The van der Waals surface area contributed by atoms with E-state index in [2.05, 4.69) is 0 Å². The maximum Gasteiger partial charge on any atom is 0.311 e. The van der Waals surface area contributed by atoms with Crippen LogP contribution in [0.25, 0.3) is 0 Å². The molecule has 0 aromatic heterocycles. The molecule has 1 unspecified atom stereocenters. The lowest BCUT2D eigenvalue weighted by molar-refractivity contribution is -0.384. The number of ether oxygens (including phenoxy) is 1. The molecule has 0 heterocycles. The summed E-state index contributed by atoms with van der Waals surface area (Å²) in [5.41, 5.74) is 2.05. The van der Waals surface area contributed by atoms with Gasteiger partial charge >= 0.3 is 5.97 Å². The molecular formula is C17H17NO5. The number of hydrogen-bond donors (Lipinski definition) is 1. The summed E-state index contributed by atoms with van der Waals surface area (Å²) in [5, 5.41) is 20.4. The topological polar surface area (TPSA) is 89.7 Å². The summed E-state index contributed by atoms with van der Waals surface area (Å²) in [6.45, 7) is 1.82. The van der Waals surface area contributed by atoms with Crippen molar-refractivity contribution in [2.45, 2.75) is 19.3 Å². The molecule has 2 aromatic rings. The van der Waals surface area contributed by atoms with Crippen molar-refractivity contribution in [3.63, 3.8) is 0 Å². The van der Waals surface area contributed by atoms with E-state index in [1.807, 2.05) is 6.92 Å². The van der Waals surface area contributed by atoms with Crippen molar-refractivity contribution in [2.75, 3.05) is 7.11 Å². The van der Waals surface area contributed by atoms with E-state index in [0.29, 0.717) is 16.9 Å². The molecule has 6 heteroatoms. The summed E-state index contributed by atoms with van der Waals surface area (Å²) in [6.07, 6.45) is 0.185. The van der Waals surface area contributed by atoms with Crippen molar-refractivity contribution >= 4 is 11.7 Å². The van der Waals surface area contributed by atoms with Crippen molar-refractivity contribution in [1.82, 2.24) is 0 Å². The highest BCUT2D eigenvalue weighted by Crippen LogP contribution is 2.28. The predicted octanol–water partition coefficient (Wildman–Crippen LogP) is 3.32. The number of hydrogen-bond acceptors (Lipinski definition) is 4. The van der Waals surface area contributed by atoms with Gasteiger partial charge < -0.3 is 9.84 Å². The summed E-state index contributed by atoms with van der Waals surface area (Å²) in [5.74, 6) is -1.08. The first kappa shape index (κ1) is 16.5. The van der Waals surface area contributed by atoms with Crippen LogP contribution in [0.15, 0.2) is 42.5 Å². The lowest BCUT2D eigenvalue weighted by atomic mass is 9.89. The number of nitro benzene ring substituents is 1. The van der Waals surface area contributed by atoms with Crippen LogP contribution >= 0.6 is 0 Å². The third kappa shape index (κ3) is 3.85. The zero-order valence-corrected chi connectivity index (χ0v) is 12.9. The maximum atomic E-state index is 11.7. The molecule has 1 atom stereocenters. The highest BCUT2D eigenvalue weighted by atomic mass is 16.6. The van der Waals surface area contributed by atoms with Crippen molar-refractivity contribution in [3.05, 3.63) is 69.3 Å². The lowest BCUT2D eigenvalue weighted by Crippen LogP contribution is -2.15. The molecule has 2 aromatic carbocycles. The number of carboxylic acid groups (broad SMARTS) is 1.